The van der Waals surface area contributed by atoms with Crippen molar-refractivity contribution in [2.45, 2.75) is 19.3 Å². The molecule has 0 radical (unpaired) electrons. The Morgan fingerprint density at radius 1 is 0.800 bits per heavy atom. The van der Waals surface area contributed by atoms with Gasteiger partial charge in [-0.25, -0.2) is 4.79 Å². The molecule has 6 rings (SSSR count). The zero-order chi connectivity index (χ0) is 27.9. The van der Waals surface area contributed by atoms with Crippen LogP contribution in [-0.2, 0) is 10.2 Å². The third-order valence-corrected chi connectivity index (χ3v) is 8.58. The molecule has 0 spiro atoms. The van der Waals surface area contributed by atoms with Gasteiger partial charge in [0, 0.05) is 32.2 Å². The van der Waals surface area contributed by atoms with Gasteiger partial charge < -0.3 is 10.0 Å². The first-order valence-corrected chi connectivity index (χ1v) is 13.8. The van der Waals surface area contributed by atoms with Crippen LogP contribution in [0.25, 0.3) is 27.6 Å². The Morgan fingerprint density at radius 2 is 1.40 bits per heavy atom. The Balaban J connectivity index is 1.40. The van der Waals surface area contributed by atoms with Crippen LogP contribution in [0.2, 0.25) is 0 Å². The normalized spacial score (nSPS) is 13.3. The number of benzene rings is 4. The molecule has 194 valence electrons. The maximum atomic E-state index is 11.3. The van der Waals surface area contributed by atoms with Crippen LogP contribution in [0, 0.1) is 11.3 Å². The summed E-state index contributed by atoms with van der Waals surface area (Å²) in [5.74, 6) is -1.22. The van der Waals surface area contributed by atoms with Gasteiger partial charge in [-0.05, 0) is 88.5 Å². The summed E-state index contributed by atoms with van der Waals surface area (Å²) in [5.41, 5.74) is 8.93. The molecule has 5 aromatic rings. The SMILES string of the molecule is CC1(C)c2cc(-c3ccc(/C=C(/C#N)C(=O)O)s3)ccc2-c2ccc(N(c3ccccc3)c3ccccc3)cc21. The van der Waals surface area contributed by atoms with Gasteiger partial charge in [0.05, 0.1) is 0 Å². The van der Waals surface area contributed by atoms with Crippen LogP contribution < -0.4 is 4.90 Å². The molecule has 0 aliphatic heterocycles. The number of carbonyl (C=O) groups is 1. The number of thiophene rings is 1. The predicted molar refractivity (Wildman–Crippen MR) is 163 cm³/mol. The van der Waals surface area contributed by atoms with Crippen molar-refractivity contribution >= 4 is 40.4 Å². The molecule has 0 fully saturated rings. The Kier molecular flexibility index (Phi) is 6.34. The van der Waals surface area contributed by atoms with Crippen LogP contribution in [0.1, 0.15) is 29.9 Å². The molecule has 1 aliphatic carbocycles. The Morgan fingerprint density at radius 3 is 2.00 bits per heavy atom. The van der Waals surface area contributed by atoms with Gasteiger partial charge >= 0.3 is 5.97 Å². The summed E-state index contributed by atoms with van der Waals surface area (Å²) in [6.45, 7) is 4.55. The molecule has 5 heteroatoms. The third-order valence-electron chi connectivity index (χ3n) is 7.50. The number of nitrogens with zero attached hydrogens (tertiary/aromatic N) is 2. The second-order valence-corrected chi connectivity index (χ2v) is 11.4. The maximum absolute atomic E-state index is 11.3. The smallest absolute Gasteiger partial charge is 0.346 e. The molecule has 4 aromatic carbocycles. The summed E-state index contributed by atoms with van der Waals surface area (Å²) in [7, 11) is 0. The highest BCUT2D eigenvalue weighted by molar-refractivity contribution is 7.16. The molecular formula is C35H26N2O2S. The molecule has 0 amide bonds. The standard InChI is InChI=1S/C35H26N2O2S/c1-35(2)31-20-23(33-18-15-28(40-33)19-24(22-36)34(38)39)13-16-29(31)30-17-14-27(21-32(30)35)37(25-9-5-3-6-10-25)26-11-7-4-8-12-26/h3-21H,1-2H3,(H,38,39)/b24-19-. The summed E-state index contributed by atoms with van der Waals surface area (Å²) in [6.07, 6.45) is 1.43. The van der Waals surface area contributed by atoms with E-state index in [4.69, 9.17) is 5.26 Å². The van der Waals surface area contributed by atoms with Crippen molar-refractivity contribution in [2.24, 2.45) is 0 Å². The van der Waals surface area contributed by atoms with E-state index >= 15 is 0 Å². The van der Waals surface area contributed by atoms with Crippen LogP contribution in [0.3, 0.4) is 0 Å². The minimum absolute atomic E-state index is 0.215. The third kappa shape index (κ3) is 4.39. The van der Waals surface area contributed by atoms with Gasteiger partial charge in [-0.15, -0.1) is 11.3 Å². The zero-order valence-corrected chi connectivity index (χ0v) is 22.9. The predicted octanol–water partition coefficient (Wildman–Crippen LogP) is 9.18. The number of fused-ring (bicyclic) bond motifs is 3. The first-order valence-electron chi connectivity index (χ1n) is 13.0. The Labute approximate surface area is 237 Å². The van der Waals surface area contributed by atoms with Crippen LogP contribution in [0.5, 0.6) is 0 Å². The molecule has 0 saturated heterocycles. The second-order valence-electron chi connectivity index (χ2n) is 10.3. The maximum Gasteiger partial charge on any atom is 0.346 e. The number of hydrogen-bond acceptors (Lipinski definition) is 4. The van der Waals surface area contributed by atoms with Gasteiger partial charge in [-0.1, -0.05) is 68.4 Å². The summed E-state index contributed by atoms with van der Waals surface area (Å²) in [4.78, 5) is 15.3. The number of carboxylic acid groups (broad SMARTS) is 1. The summed E-state index contributed by atoms with van der Waals surface area (Å²) in [6, 6.07) is 39.8. The fraction of sp³-hybridized carbons (Fsp3) is 0.0857. The van der Waals surface area contributed by atoms with Gasteiger partial charge in [0.15, 0.2) is 0 Å². The van der Waals surface area contributed by atoms with Gasteiger partial charge in [0.2, 0.25) is 0 Å². The van der Waals surface area contributed by atoms with Crippen molar-refractivity contribution in [3.8, 4) is 27.6 Å². The van der Waals surface area contributed by atoms with Gasteiger partial charge in [0.25, 0.3) is 0 Å². The second kappa shape index (κ2) is 10.00. The number of anilines is 3. The fourth-order valence-electron chi connectivity index (χ4n) is 5.49. The van der Waals surface area contributed by atoms with Crippen LogP contribution >= 0.6 is 11.3 Å². The largest absolute Gasteiger partial charge is 0.477 e. The van der Waals surface area contributed by atoms with E-state index in [9.17, 15) is 9.90 Å². The number of para-hydroxylation sites is 2. The summed E-state index contributed by atoms with van der Waals surface area (Å²) < 4.78 is 0. The Hall–Kier alpha value is -4.92. The van der Waals surface area contributed by atoms with Crippen LogP contribution in [0.4, 0.5) is 17.1 Å². The van der Waals surface area contributed by atoms with Crippen molar-refractivity contribution < 1.29 is 9.90 Å². The lowest BCUT2D eigenvalue weighted by Gasteiger charge is -2.28. The first kappa shape index (κ1) is 25.4. The number of nitriles is 1. The average Bonchev–Trinajstić information content (AvgIpc) is 3.53. The number of carboxylic acids is 1. The fourth-order valence-corrected chi connectivity index (χ4v) is 6.44. The minimum Gasteiger partial charge on any atom is -0.477 e. The quantitative estimate of drug-likeness (QED) is 0.173. The molecule has 0 bridgehead atoms. The number of rotatable bonds is 6. The van der Waals surface area contributed by atoms with Gasteiger partial charge in [-0.2, -0.15) is 5.26 Å². The minimum atomic E-state index is -1.22. The topological polar surface area (TPSA) is 64.3 Å². The molecule has 0 saturated carbocycles. The highest BCUT2D eigenvalue weighted by Gasteiger charge is 2.36. The molecule has 40 heavy (non-hydrogen) atoms. The van der Waals surface area contributed by atoms with Crippen LogP contribution in [0.15, 0.2) is 115 Å². The van der Waals surface area contributed by atoms with E-state index in [1.54, 1.807) is 6.07 Å². The lowest BCUT2D eigenvalue weighted by molar-refractivity contribution is -0.132. The van der Waals surface area contributed by atoms with E-state index in [-0.39, 0.29) is 11.0 Å². The first-order chi connectivity index (χ1) is 19.4. The zero-order valence-electron chi connectivity index (χ0n) is 22.1. The van der Waals surface area contributed by atoms with E-state index in [2.05, 4.69) is 104 Å². The van der Waals surface area contributed by atoms with Crippen molar-refractivity contribution in [3.63, 3.8) is 0 Å². The highest BCUT2D eigenvalue weighted by Crippen LogP contribution is 2.51. The van der Waals surface area contributed by atoms with E-state index < -0.39 is 5.97 Å². The Bertz CT molecular complexity index is 1770. The van der Waals surface area contributed by atoms with E-state index in [0.717, 1.165) is 32.4 Å². The molecule has 0 atom stereocenters. The molecule has 0 unspecified atom stereocenters. The molecule has 1 aliphatic rings. The van der Waals surface area contributed by atoms with Crippen molar-refractivity contribution in [1.82, 2.24) is 0 Å². The molecule has 1 aromatic heterocycles. The lowest BCUT2D eigenvalue weighted by Crippen LogP contribution is -2.16. The molecular weight excluding hydrogens is 512 g/mol. The number of hydrogen-bond donors (Lipinski definition) is 1. The monoisotopic (exact) mass is 538 g/mol. The van der Waals surface area contributed by atoms with Crippen molar-refractivity contribution in [2.75, 3.05) is 4.90 Å². The van der Waals surface area contributed by atoms with Crippen LogP contribution in [-0.4, -0.2) is 11.1 Å². The summed E-state index contributed by atoms with van der Waals surface area (Å²) >= 11 is 1.48. The van der Waals surface area contributed by atoms with E-state index in [1.165, 1.54) is 39.7 Å². The highest BCUT2D eigenvalue weighted by atomic mass is 32.1. The lowest BCUT2D eigenvalue weighted by atomic mass is 9.81. The molecule has 4 nitrogen and oxygen atoms in total. The summed E-state index contributed by atoms with van der Waals surface area (Å²) in [5, 5.41) is 18.3. The van der Waals surface area contributed by atoms with Gasteiger partial charge in [-0.3, -0.25) is 0 Å². The van der Waals surface area contributed by atoms with E-state index in [0.29, 0.717) is 0 Å². The van der Waals surface area contributed by atoms with Gasteiger partial charge in [0.1, 0.15) is 11.6 Å². The van der Waals surface area contributed by atoms with Crippen molar-refractivity contribution in [3.05, 3.63) is 131 Å². The number of aliphatic carboxylic acids is 1. The molecule has 1 N–H and O–H groups in total. The average molecular weight is 539 g/mol. The van der Waals surface area contributed by atoms with E-state index in [1.807, 2.05) is 24.3 Å². The van der Waals surface area contributed by atoms with Crippen molar-refractivity contribution in [1.29, 1.82) is 5.26 Å². The molecule has 1 heterocycles.